The van der Waals surface area contributed by atoms with Gasteiger partial charge in [0.1, 0.15) is 5.75 Å². The van der Waals surface area contributed by atoms with Crippen LogP contribution in [0.4, 0.5) is 0 Å². The quantitative estimate of drug-likeness (QED) is 0.847. The molecule has 1 atom stereocenters. The van der Waals surface area contributed by atoms with Gasteiger partial charge >= 0.3 is 0 Å². The minimum Gasteiger partial charge on any atom is -0.494 e. The van der Waals surface area contributed by atoms with Gasteiger partial charge in [-0.1, -0.05) is 19.1 Å². The van der Waals surface area contributed by atoms with E-state index in [1.807, 2.05) is 6.07 Å². The highest BCUT2D eigenvalue weighted by Crippen LogP contribution is 2.14. The predicted molar refractivity (Wildman–Crippen MR) is 68.5 cm³/mol. The molecule has 1 aliphatic heterocycles. The lowest BCUT2D eigenvalue weighted by atomic mass is 10.1. The smallest absolute Gasteiger partial charge is 0.119 e. The van der Waals surface area contributed by atoms with Gasteiger partial charge < -0.3 is 14.8 Å². The van der Waals surface area contributed by atoms with Crippen molar-refractivity contribution in [3.05, 3.63) is 29.8 Å². The first kappa shape index (κ1) is 12.4. The summed E-state index contributed by atoms with van der Waals surface area (Å²) < 4.78 is 11.2. The van der Waals surface area contributed by atoms with Crippen LogP contribution in [0.3, 0.4) is 0 Å². The van der Waals surface area contributed by atoms with Crippen LogP contribution < -0.4 is 10.1 Å². The van der Waals surface area contributed by atoms with E-state index in [0.717, 1.165) is 45.0 Å². The number of ether oxygens (including phenoxy) is 2. The van der Waals surface area contributed by atoms with Gasteiger partial charge in [0, 0.05) is 12.6 Å². The monoisotopic (exact) mass is 235 g/mol. The summed E-state index contributed by atoms with van der Waals surface area (Å²) >= 11 is 0. The third-order valence-electron chi connectivity index (χ3n) is 3.04. The van der Waals surface area contributed by atoms with Crippen molar-refractivity contribution in [2.75, 3.05) is 26.4 Å². The van der Waals surface area contributed by atoms with Crippen LogP contribution in [0, 0.1) is 0 Å². The van der Waals surface area contributed by atoms with E-state index in [-0.39, 0.29) is 0 Å². The van der Waals surface area contributed by atoms with E-state index in [1.165, 1.54) is 5.56 Å². The molecule has 3 heteroatoms. The summed E-state index contributed by atoms with van der Waals surface area (Å²) in [6.07, 6.45) is 2.05. The van der Waals surface area contributed by atoms with Crippen LogP contribution in [0.25, 0.3) is 0 Å². The van der Waals surface area contributed by atoms with Gasteiger partial charge in [-0.25, -0.2) is 0 Å². The minimum atomic E-state index is 0.443. The molecule has 0 aliphatic carbocycles. The van der Waals surface area contributed by atoms with Crippen molar-refractivity contribution in [2.45, 2.75) is 25.8 Å². The van der Waals surface area contributed by atoms with Crippen LogP contribution in [-0.4, -0.2) is 32.4 Å². The predicted octanol–water partition coefficient (Wildman–Crippen LogP) is 2.01. The third-order valence-corrected chi connectivity index (χ3v) is 3.04. The molecule has 1 N–H and O–H groups in total. The Morgan fingerprint density at radius 3 is 3.18 bits per heavy atom. The molecule has 1 aromatic rings. The molecule has 1 saturated heterocycles. The van der Waals surface area contributed by atoms with Crippen LogP contribution in [0.5, 0.6) is 5.75 Å². The number of benzene rings is 1. The highest BCUT2D eigenvalue weighted by atomic mass is 16.5. The number of hydrogen-bond donors (Lipinski definition) is 1. The molecular weight excluding hydrogens is 214 g/mol. The SMILES string of the molecule is CCc1cccc(OCCC2COCCN2)c1. The Labute approximate surface area is 103 Å². The van der Waals surface area contributed by atoms with Crippen LogP contribution in [0.1, 0.15) is 18.9 Å². The van der Waals surface area contributed by atoms with E-state index in [1.54, 1.807) is 0 Å². The van der Waals surface area contributed by atoms with Crippen molar-refractivity contribution in [2.24, 2.45) is 0 Å². The van der Waals surface area contributed by atoms with Gasteiger partial charge in [-0.3, -0.25) is 0 Å². The maximum Gasteiger partial charge on any atom is 0.119 e. The molecule has 0 saturated carbocycles. The summed E-state index contributed by atoms with van der Waals surface area (Å²) in [5.74, 6) is 0.973. The van der Waals surface area contributed by atoms with Gasteiger partial charge in [-0.15, -0.1) is 0 Å². The van der Waals surface area contributed by atoms with Crippen molar-refractivity contribution in [1.82, 2.24) is 5.32 Å². The lowest BCUT2D eigenvalue weighted by Gasteiger charge is -2.23. The molecule has 0 spiro atoms. The summed E-state index contributed by atoms with van der Waals surface area (Å²) in [6, 6.07) is 8.76. The molecule has 2 rings (SSSR count). The normalized spacial score (nSPS) is 20.2. The maximum absolute atomic E-state index is 5.76. The van der Waals surface area contributed by atoms with Gasteiger partial charge in [-0.05, 0) is 30.5 Å². The molecule has 17 heavy (non-hydrogen) atoms. The van der Waals surface area contributed by atoms with Gasteiger partial charge in [-0.2, -0.15) is 0 Å². The Bertz CT molecular complexity index is 335. The van der Waals surface area contributed by atoms with E-state index >= 15 is 0 Å². The first-order valence-corrected chi connectivity index (χ1v) is 6.41. The van der Waals surface area contributed by atoms with Crippen LogP contribution >= 0.6 is 0 Å². The second-order valence-corrected chi connectivity index (χ2v) is 4.36. The van der Waals surface area contributed by atoms with E-state index in [0.29, 0.717) is 6.04 Å². The lowest BCUT2D eigenvalue weighted by molar-refractivity contribution is 0.0691. The molecule has 0 aromatic heterocycles. The molecule has 3 nitrogen and oxygen atoms in total. The van der Waals surface area contributed by atoms with Gasteiger partial charge in [0.05, 0.1) is 19.8 Å². The molecule has 1 heterocycles. The Morgan fingerprint density at radius 2 is 2.41 bits per heavy atom. The minimum absolute atomic E-state index is 0.443. The van der Waals surface area contributed by atoms with Crippen molar-refractivity contribution in [1.29, 1.82) is 0 Å². The topological polar surface area (TPSA) is 30.5 Å². The Kier molecular flexibility index (Phi) is 4.83. The zero-order valence-electron chi connectivity index (χ0n) is 10.4. The Balaban J connectivity index is 1.73. The molecule has 0 bridgehead atoms. The van der Waals surface area contributed by atoms with Crippen LogP contribution in [0.2, 0.25) is 0 Å². The van der Waals surface area contributed by atoms with E-state index in [2.05, 4.69) is 30.4 Å². The molecule has 1 aromatic carbocycles. The van der Waals surface area contributed by atoms with Gasteiger partial charge in [0.15, 0.2) is 0 Å². The summed E-state index contributed by atoms with van der Waals surface area (Å²) in [5, 5.41) is 3.42. The van der Waals surface area contributed by atoms with Crippen molar-refractivity contribution >= 4 is 0 Å². The largest absolute Gasteiger partial charge is 0.494 e. The van der Waals surface area contributed by atoms with Crippen LogP contribution in [-0.2, 0) is 11.2 Å². The number of rotatable bonds is 5. The second-order valence-electron chi connectivity index (χ2n) is 4.36. The maximum atomic E-state index is 5.76. The lowest BCUT2D eigenvalue weighted by Crippen LogP contribution is -2.41. The molecule has 1 aliphatic rings. The summed E-state index contributed by atoms with van der Waals surface area (Å²) in [5.41, 5.74) is 1.32. The number of nitrogens with one attached hydrogen (secondary N) is 1. The second kappa shape index (κ2) is 6.62. The van der Waals surface area contributed by atoms with Gasteiger partial charge in [0.2, 0.25) is 0 Å². The number of hydrogen-bond acceptors (Lipinski definition) is 3. The zero-order valence-corrected chi connectivity index (χ0v) is 10.4. The third kappa shape index (κ3) is 4.02. The van der Waals surface area contributed by atoms with Crippen molar-refractivity contribution in [3.63, 3.8) is 0 Å². The van der Waals surface area contributed by atoms with Crippen molar-refractivity contribution in [3.8, 4) is 5.75 Å². The summed E-state index contributed by atoms with van der Waals surface area (Å²) in [4.78, 5) is 0. The number of morpholine rings is 1. The first-order valence-electron chi connectivity index (χ1n) is 6.41. The van der Waals surface area contributed by atoms with Crippen molar-refractivity contribution < 1.29 is 9.47 Å². The first-order chi connectivity index (χ1) is 8.38. The Hall–Kier alpha value is -1.06. The fourth-order valence-electron chi connectivity index (χ4n) is 1.98. The highest BCUT2D eigenvalue weighted by molar-refractivity contribution is 5.28. The molecule has 0 radical (unpaired) electrons. The fourth-order valence-corrected chi connectivity index (χ4v) is 1.98. The standard InChI is InChI=1S/C14H21NO2/c1-2-12-4-3-5-14(10-12)17-8-6-13-11-16-9-7-15-13/h3-5,10,13,15H,2,6-9,11H2,1H3. The molecule has 94 valence electrons. The fraction of sp³-hybridized carbons (Fsp3) is 0.571. The summed E-state index contributed by atoms with van der Waals surface area (Å²) in [6.45, 7) is 5.49. The van der Waals surface area contributed by atoms with Gasteiger partial charge in [0.25, 0.3) is 0 Å². The highest BCUT2D eigenvalue weighted by Gasteiger charge is 2.12. The molecule has 0 amide bonds. The Morgan fingerprint density at radius 1 is 1.47 bits per heavy atom. The zero-order chi connectivity index (χ0) is 11.9. The van der Waals surface area contributed by atoms with E-state index in [4.69, 9.17) is 9.47 Å². The molecule has 1 fully saturated rings. The molecule has 1 unspecified atom stereocenters. The number of aryl methyl sites for hydroxylation is 1. The van der Waals surface area contributed by atoms with Crippen LogP contribution in [0.15, 0.2) is 24.3 Å². The average molecular weight is 235 g/mol. The summed E-state index contributed by atoms with van der Waals surface area (Å²) in [7, 11) is 0. The van der Waals surface area contributed by atoms with E-state index in [9.17, 15) is 0 Å². The average Bonchev–Trinajstić information content (AvgIpc) is 2.40. The molecular formula is C14H21NO2. The van der Waals surface area contributed by atoms with E-state index < -0.39 is 0 Å².